The Labute approximate surface area is 191 Å². The van der Waals surface area contributed by atoms with Crippen molar-refractivity contribution in [2.45, 2.75) is 26.9 Å². The van der Waals surface area contributed by atoms with E-state index in [1.54, 1.807) is 49.4 Å². The van der Waals surface area contributed by atoms with E-state index in [2.05, 4.69) is 5.32 Å². The molecular weight excluding hydrogens is 426 g/mol. The van der Waals surface area contributed by atoms with Gasteiger partial charge in [0.15, 0.2) is 11.9 Å². The van der Waals surface area contributed by atoms with E-state index in [-0.39, 0.29) is 17.5 Å². The maximum Gasteiger partial charge on any atom is 0.265 e. The van der Waals surface area contributed by atoms with Crippen molar-refractivity contribution in [2.24, 2.45) is 0 Å². The molecule has 5 nitrogen and oxygen atoms in total. The third kappa shape index (κ3) is 4.25. The zero-order valence-corrected chi connectivity index (χ0v) is 18.7. The van der Waals surface area contributed by atoms with Gasteiger partial charge in [-0.05, 0) is 74.4 Å². The lowest BCUT2D eigenvalue weighted by Gasteiger charge is -2.17. The van der Waals surface area contributed by atoms with Crippen LogP contribution in [0.25, 0.3) is 11.0 Å². The Bertz CT molecular complexity index is 1310. The van der Waals surface area contributed by atoms with Crippen molar-refractivity contribution in [1.82, 2.24) is 0 Å². The van der Waals surface area contributed by atoms with Gasteiger partial charge < -0.3 is 14.5 Å². The molecule has 1 aromatic heterocycles. The van der Waals surface area contributed by atoms with Crippen LogP contribution < -0.4 is 10.1 Å². The van der Waals surface area contributed by atoms with Crippen molar-refractivity contribution in [2.75, 3.05) is 5.32 Å². The smallest absolute Gasteiger partial charge is 0.265 e. The average molecular weight is 448 g/mol. The van der Waals surface area contributed by atoms with Crippen LogP contribution in [0.15, 0.2) is 71.1 Å². The van der Waals surface area contributed by atoms with Gasteiger partial charge in [0.2, 0.25) is 5.78 Å². The highest BCUT2D eigenvalue weighted by Gasteiger charge is 2.25. The second-order valence-corrected chi connectivity index (χ2v) is 8.02. The Balaban J connectivity index is 1.65. The second-order valence-electron chi connectivity index (χ2n) is 7.59. The Morgan fingerprint density at radius 3 is 2.44 bits per heavy atom. The Morgan fingerprint density at radius 2 is 1.69 bits per heavy atom. The number of ether oxygens (including phenoxy) is 1. The summed E-state index contributed by atoms with van der Waals surface area (Å²) in [5, 5.41) is 4.01. The fraction of sp³-hybridized carbons (Fsp3) is 0.154. The summed E-state index contributed by atoms with van der Waals surface area (Å²) >= 11 is 5.94. The van der Waals surface area contributed by atoms with Crippen LogP contribution in [0.1, 0.15) is 34.2 Å². The van der Waals surface area contributed by atoms with E-state index in [4.69, 9.17) is 20.8 Å². The van der Waals surface area contributed by atoms with Crippen LogP contribution in [-0.2, 0) is 4.79 Å². The predicted octanol–water partition coefficient (Wildman–Crippen LogP) is 6.34. The van der Waals surface area contributed by atoms with Crippen molar-refractivity contribution in [3.8, 4) is 5.75 Å². The summed E-state index contributed by atoms with van der Waals surface area (Å²) in [6, 6.07) is 19.4. The van der Waals surface area contributed by atoms with Gasteiger partial charge in [-0.3, -0.25) is 9.59 Å². The van der Waals surface area contributed by atoms with Gasteiger partial charge in [-0.15, -0.1) is 0 Å². The number of fused-ring (bicyclic) bond motifs is 1. The zero-order chi connectivity index (χ0) is 22.8. The van der Waals surface area contributed by atoms with Gasteiger partial charge in [0.05, 0.1) is 5.69 Å². The summed E-state index contributed by atoms with van der Waals surface area (Å²) in [4.78, 5) is 26.2. The van der Waals surface area contributed by atoms with Crippen LogP contribution in [-0.4, -0.2) is 17.8 Å². The van der Waals surface area contributed by atoms with Crippen molar-refractivity contribution in [3.63, 3.8) is 0 Å². The summed E-state index contributed by atoms with van der Waals surface area (Å²) in [6.45, 7) is 5.60. The highest BCUT2D eigenvalue weighted by atomic mass is 35.5. The summed E-state index contributed by atoms with van der Waals surface area (Å²) in [6.07, 6.45) is -0.789. The summed E-state index contributed by atoms with van der Waals surface area (Å²) in [5.41, 5.74) is 3.28. The van der Waals surface area contributed by atoms with Gasteiger partial charge in [-0.2, -0.15) is 0 Å². The topological polar surface area (TPSA) is 68.5 Å². The molecule has 0 radical (unpaired) electrons. The molecule has 1 N–H and O–H groups in total. The van der Waals surface area contributed by atoms with E-state index in [1.165, 1.54) is 0 Å². The molecule has 0 spiro atoms. The first-order valence-corrected chi connectivity index (χ1v) is 10.6. The van der Waals surface area contributed by atoms with E-state index < -0.39 is 6.10 Å². The van der Waals surface area contributed by atoms with Crippen molar-refractivity contribution >= 4 is 39.9 Å². The molecule has 0 aliphatic heterocycles. The zero-order valence-electron chi connectivity index (χ0n) is 17.9. The molecule has 0 unspecified atom stereocenters. The number of hydrogen-bond acceptors (Lipinski definition) is 4. The van der Waals surface area contributed by atoms with Crippen molar-refractivity contribution < 1.29 is 18.7 Å². The Morgan fingerprint density at radius 1 is 0.969 bits per heavy atom. The number of halogens is 1. The highest BCUT2D eigenvalue weighted by Crippen LogP contribution is 2.33. The lowest BCUT2D eigenvalue weighted by molar-refractivity contribution is -0.122. The summed E-state index contributed by atoms with van der Waals surface area (Å²) in [5.74, 6) is -0.0399. The SMILES string of the molecule is Cc1cccc(O[C@H](C)C(=O)Nc2c(C(=O)c3ccc(Cl)cc3)oc3ccccc23)c1C. The van der Waals surface area contributed by atoms with Gasteiger partial charge in [-0.25, -0.2) is 0 Å². The van der Waals surface area contributed by atoms with E-state index in [9.17, 15) is 9.59 Å². The largest absolute Gasteiger partial charge is 0.481 e. The minimum atomic E-state index is -0.789. The quantitative estimate of drug-likeness (QED) is 0.350. The minimum absolute atomic E-state index is 0.0563. The number of carbonyl (C=O) groups is 2. The molecule has 0 saturated heterocycles. The van der Waals surface area contributed by atoms with Gasteiger partial charge in [0, 0.05) is 16.0 Å². The molecule has 1 atom stereocenters. The molecule has 4 rings (SSSR count). The number of amides is 1. The molecule has 0 fully saturated rings. The first kappa shape index (κ1) is 21.7. The van der Waals surface area contributed by atoms with Gasteiger partial charge in [0.25, 0.3) is 5.91 Å². The maximum absolute atomic E-state index is 13.2. The van der Waals surface area contributed by atoms with Crippen LogP contribution in [0.4, 0.5) is 5.69 Å². The molecule has 0 bridgehead atoms. The fourth-order valence-corrected chi connectivity index (χ4v) is 3.51. The fourth-order valence-electron chi connectivity index (χ4n) is 3.38. The number of aryl methyl sites for hydroxylation is 1. The second kappa shape index (κ2) is 8.89. The highest BCUT2D eigenvalue weighted by molar-refractivity contribution is 6.30. The number of furan rings is 1. The molecule has 0 saturated carbocycles. The molecule has 0 aliphatic carbocycles. The van der Waals surface area contributed by atoms with Crippen molar-refractivity contribution in [1.29, 1.82) is 0 Å². The first-order valence-electron chi connectivity index (χ1n) is 10.2. The molecule has 6 heteroatoms. The van der Waals surface area contributed by atoms with Gasteiger partial charge in [-0.1, -0.05) is 35.9 Å². The van der Waals surface area contributed by atoms with Crippen LogP contribution in [0.5, 0.6) is 5.75 Å². The summed E-state index contributed by atoms with van der Waals surface area (Å²) < 4.78 is 11.7. The monoisotopic (exact) mass is 447 g/mol. The predicted molar refractivity (Wildman–Crippen MR) is 126 cm³/mol. The van der Waals surface area contributed by atoms with Crippen molar-refractivity contribution in [3.05, 3.63) is 94.2 Å². The maximum atomic E-state index is 13.2. The number of nitrogens with one attached hydrogen (secondary N) is 1. The number of ketones is 1. The van der Waals surface area contributed by atoms with Crippen LogP contribution in [0.3, 0.4) is 0 Å². The third-order valence-electron chi connectivity index (χ3n) is 5.38. The lowest BCUT2D eigenvalue weighted by atomic mass is 10.1. The lowest BCUT2D eigenvalue weighted by Crippen LogP contribution is -2.30. The molecule has 0 aliphatic rings. The molecule has 162 valence electrons. The van der Waals surface area contributed by atoms with E-state index >= 15 is 0 Å². The normalized spacial score (nSPS) is 11.9. The number of anilines is 1. The molecule has 3 aromatic carbocycles. The van der Waals surface area contributed by atoms with E-state index in [1.807, 2.05) is 38.1 Å². The average Bonchev–Trinajstić information content (AvgIpc) is 3.15. The van der Waals surface area contributed by atoms with Crippen LogP contribution >= 0.6 is 11.6 Å². The van der Waals surface area contributed by atoms with Gasteiger partial charge >= 0.3 is 0 Å². The number of rotatable bonds is 6. The molecular formula is C26H22ClNO4. The molecule has 4 aromatic rings. The molecule has 32 heavy (non-hydrogen) atoms. The number of carbonyl (C=O) groups excluding carboxylic acids is 2. The van der Waals surface area contributed by atoms with E-state index in [0.717, 1.165) is 11.1 Å². The Hall–Kier alpha value is -3.57. The van der Waals surface area contributed by atoms with Crippen LogP contribution in [0.2, 0.25) is 5.02 Å². The van der Waals surface area contributed by atoms with E-state index in [0.29, 0.717) is 33.0 Å². The standard InChI is InChI=1S/C26H22ClNO4/c1-15-7-6-10-21(16(15)2)31-17(3)26(30)28-23-20-8-4-5-9-22(20)32-25(23)24(29)18-11-13-19(27)14-12-18/h4-14,17H,1-3H3,(H,28,30)/t17-/m1/s1. The molecule has 1 amide bonds. The Kier molecular flexibility index (Phi) is 6.01. The molecule has 1 heterocycles. The number of benzene rings is 3. The summed E-state index contributed by atoms with van der Waals surface area (Å²) in [7, 11) is 0. The number of para-hydroxylation sites is 1. The minimum Gasteiger partial charge on any atom is -0.481 e. The third-order valence-corrected chi connectivity index (χ3v) is 5.64. The van der Waals surface area contributed by atoms with Gasteiger partial charge in [0.1, 0.15) is 11.3 Å². The van der Waals surface area contributed by atoms with Crippen LogP contribution in [0, 0.1) is 13.8 Å². The number of hydrogen-bond donors (Lipinski definition) is 1. The first-order chi connectivity index (χ1) is 15.3.